The van der Waals surface area contributed by atoms with E-state index in [4.69, 9.17) is 4.74 Å². The third-order valence-electron chi connectivity index (χ3n) is 6.59. The van der Waals surface area contributed by atoms with Crippen LogP contribution in [-0.4, -0.2) is 64.0 Å². The lowest BCUT2D eigenvalue weighted by atomic mass is 9.98. The molecule has 0 saturated carbocycles. The fourth-order valence-corrected chi connectivity index (χ4v) is 5.57. The summed E-state index contributed by atoms with van der Waals surface area (Å²) in [6, 6.07) is 10.9. The third kappa shape index (κ3) is 5.73. The van der Waals surface area contributed by atoms with Gasteiger partial charge in [0.25, 0.3) is 11.8 Å². The summed E-state index contributed by atoms with van der Waals surface area (Å²) in [7, 11) is 1.82. The molecule has 0 aliphatic carbocycles. The van der Waals surface area contributed by atoms with Crippen LogP contribution in [0, 0.1) is 0 Å². The number of nitrogens with one attached hydrogen (secondary N) is 1. The molecule has 5 rings (SSSR count). The number of fused-ring (bicyclic) bond motifs is 2. The Hall–Kier alpha value is -3.99. The van der Waals surface area contributed by atoms with E-state index in [1.54, 1.807) is 37.8 Å². The van der Waals surface area contributed by atoms with Gasteiger partial charge in [-0.15, -0.1) is 11.3 Å². The molecular formula is C28H31N5O5S. The van der Waals surface area contributed by atoms with E-state index in [9.17, 15) is 19.2 Å². The molecule has 39 heavy (non-hydrogen) atoms. The predicted molar refractivity (Wildman–Crippen MR) is 148 cm³/mol. The molecule has 2 aromatic heterocycles. The Morgan fingerprint density at radius 3 is 2.56 bits per heavy atom. The van der Waals surface area contributed by atoms with E-state index < -0.39 is 11.6 Å². The molecule has 4 heterocycles. The molecule has 2 aliphatic heterocycles. The van der Waals surface area contributed by atoms with Gasteiger partial charge >= 0.3 is 5.97 Å². The molecule has 3 aromatic rings. The molecule has 11 heteroatoms. The Kier molecular flexibility index (Phi) is 7.02. The van der Waals surface area contributed by atoms with Crippen molar-refractivity contribution in [2.75, 3.05) is 30.4 Å². The predicted octanol–water partition coefficient (Wildman–Crippen LogP) is 4.28. The zero-order chi connectivity index (χ0) is 27.9. The second kappa shape index (κ2) is 10.3. The molecule has 0 atom stereocenters. The number of amides is 2. The third-order valence-corrected chi connectivity index (χ3v) is 7.71. The van der Waals surface area contributed by atoms with Crippen molar-refractivity contribution in [1.29, 1.82) is 0 Å². The van der Waals surface area contributed by atoms with Crippen LogP contribution in [0.3, 0.4) is 0 Å². The first kappa shape index (κ1) is 26.6. The molecule has 2 amide bonds. The number of likely N-dealkylation sites (N-methyl/N-ethyl adjacent to an activating group) is 1. The summed E-state index contributed by atoms with van der Waals surface area (Å²) in [6.07, 6.45) is 0.823. The number of hydrogen-bond acceptors (Lipinski definition) is 8. The summed E-state index contributed by atoms with van der Waals surface area (Å²) < 4.78 is 7.09. The number of Topliss-reactive ketones (excluding diaryl/α,β-unsaturated/α-hetero) is 1. The van der Waals surface area contributed by atoms with Crippen molar-refractivity contribution < 1.29 is 23.9 Å². The molecule has 1 aromatic carbocycles. The van der Waals surface area contributed by atoms with Crippen LogP contribution in [0.5, 0.6) is 0 Å². The summed E-state index contributed by atoms with van der Waals surface area (Å²) in [6.45, 7) is 7.43. The lowest BCUT2D eigenvalue weighted by Crippen LogP contribution is -2.34. The van der Waals surface area contributed by atoms with Gasteiger partial charge in [-0.1, -0.05) is 0 Å². The minimum Gasteiger partial charge on any atom is -0.460 e. The second-order valence-corrected chi connectivity index (χ2v) is 11.8. The van der Waals surface area contributed by atoms with E-state index in [-0.39, 0.29) is 30.4 Å². The number of anilines is 3. The van der Waals surface area contributed by atoms with Crippen LogP contribution >= 0.6 is 11.3 Å². The van der Waals surface area contributed by atoms with Crippen molar-refractivity contribution in [3.8, 4) is 0 Å². The van der Waals surface area contributed by atoms with Crippen LogP contribution in [0.15, 0.2) is 36.4 Å². The van der Waals surface area contributed by atoms with Gasteiger partial charge in [-0.25, -0.2) is 4.68 Å². The van der Waals surface area contributed by atoms with E-state index in [1.165, 1.54) is 0 Å². The molecule has 204 valence electrons. The van der Waals surface area contributed by atoms with Crippen molar-refractivity contribution in [3.63, 3.8) is 0 Å². The zero-order valence-electron chi connectivity index (χ0n) is 22.4. The Balaban J connectivity index is 1.22. The minimum absolute atomic E-state index is 0.0101. The van der Waals surface area contributed by atoms with Gasteiger partial charge in [-0.2, -0.15) is 5.10 Å². The maximum atomic E-state index is 12.9. The topological polar surface area (TPSA) is 114 Å². The molecule has 1 N–H and O–H groups in total. The zero-order valence-corrected chi connectivity index (χ0v) is 23.3. The fraction of sp³-hybridized carbons (Fsp3) is 0.393. The summed E-state index contributed by atoms with van der Waals surface area (Å²) in [5.41, 5.74) is 2.16. The fourth-order valence-electron chi connectivity index (χ4n) is 4.70. The molecule has 10 nitrogen and oxygen atoms in total. The van der Waals surface area contributed by atoms with Gasteiger partial charge in [-0.3, -0.25) is 19.2 Å². The van der Waals surface area contributed by atoms with Gasteiger partial charge in [0.1, 0.15) is 11.4 Å². The van der Waals surface area contributed by atoms with Crippen LogP contribution in [0.2, 0.25) is 0 Å². The first-order valence-corrected chi connectivity index (χ1v) is 13.7. The largest absolute Gasteiger partial charge is 0.460 e. The number of hydrogen-bond donors (Lipinski definition) is 1. The SMILES string of the molecule is CN1CCc2cc(N3CCn4nc(NC(=O)c5ccc(C(=O)CCC(=O)OC(C)(C)C)s5)cc43)ccc2C1=O. The quantitative estimate of drug-likeness (QED) is 0.346. The number of benzene rings is 1. The lowest BCUT2D eigenvalue weighted by molar-refractivity contribution is -0.154. The van der Waals surface area contributed by atoms with Gasteiger partial charge in [0.15, 0.2) is 11.6 Å². The summed E-state index contributed by atoms with van der Waals surface area (Å²) >= 11 is 1.09. The van der Waals surface area contributed by atoms with E-state index in [0.717, 1.165) is 46.9 Å². The molecule has 0 fully saturated rings. The van der Waals surface area contributed by atoms with Gasteiger partial charge < -0.3 is 19.9 Å². The summed E-state index contributed by atoms with van der Waals surface area (Å²) in [4.78, 5) is 54.4. The van der Waals surface area contributed by atoms with Gasteiger partial charge in [-0.05, 0) is 63.1 Å². The van der Waals surface area contributed by atoms with Gasteiger partial charge in [0.2, 0.25) is 0 Å². The average Bonchev–Trinajstić information content (AvgIpc) is 3.60. The number of thiophene rings is 1. The van der Waals surface area contributed by atoms with Gasteiger partial charge in [0.05, 0.1) is 22.7 Å². The van der Waals surface area contributed by atoms with Crippen LogP contribution in [0.1, 0.15) is 68.9 Å². The first-order chi connectivity index (χ1) is 18.5. The monoisotopic (exact) mass is 549 g/mol. The smallest absolute Gasteiger partial charge is 0.306 e. The molecule has 0 unspecified atom stereocenters. The number of aromatic nitrogens is 2. The Labute approximate surface area is 230 Å². The first-order valence-electron chi connectivity index (χ1n) is 12.9. The van der Waals surface area contributed by atoms with Crippen LogP contribution in [-0.2, 0) is 22.5 Å². The number of rotatable bonds is 7. The average molecular weight is 550 g/mol. The van der Waals surface area contributed by atoms with Crippen LogP contribution in [0.25, 0.3) is 0 Å². The van der Waals surface area contributed by atoms with Crippen molar-refractivity contribution in [2.45, 2.75) is 52.2 Å². The maximum absolute atomic E-state index is 12.9. The molecule has 0 spiro atoms. The normalized spacial score (nSPS) is 14.7. The lowest BCUT2D eigenvalue weighted by Gasteiger charge is -2.26. The van der Waals surface area contributed by atoms with Crippen molar-refractivity contribution in [1.82, 2.24) is 14.7 Å². The highest BCUT2D eigenvalue weighted by molar-refractivity contribution is 7.16. The highest BCUT2D eigenvalue weighted by atomic mass is 32.1. The van der Waals surface area contributed by atoms with E-state index in [1.807, 2.05) is 29.9 Å². The number of carbonyl (C=O) groups excluding carboxylic acids is 4. The Morgan fingerprint density at radius 2 is 1.79 bits per heavy atom. The molecule has 0 radical (unpaired) electrons. The van der Waals surface area contributed by atoms with Crippen LogP contribution in [0.4, 0.5) is 17.3 Å². The van der Waals surface area contributed by atoms with Gasteiger partial charge in [0, 0.05) is 43.9 Å². The van der Waals surface area contributed by atoms with E-state index >= 15 is 0 Å². The second-order valence-electron chi connectivity index (χ2n) is 10.7. The van der Waals surface area contributed by atoms with Crippen molar-refractivity contribution in [3.05, 3.63) is 57.3 Å². The highest BCUT2D eigenvalue weighted by Gasteiger charge is 2.27. The number of carbonyl (C=O) groups is 4. The highest BCUT2D eigenvalue weighted by Crippen LogP contribution is 2.34. The molecule has 0 saturated heterocycles. The van der Waals surface area contributed by atoms with E-state index in [2.05, 4.69) is 21.4 Å². The Morgan fingerprint density at radius 1 is 1.03 bits per heavy atom. The summed E-state index contributed by atoms with van der Waals surface area (Å²) in [5, 5.41) is 7.36. The number of ketones is 1. The maximum Gasteiger partial charge on any atom is 0.306 e. The standard InChI is InChI=1S/C28H31N5O5S/c1-28(2,3)38-25(35)10-7-20(34)21-8-9-22(39-21)26(36)29-23-16-24-32(13-14-33(24)30-23)18-5-6-19-17(15-18)11-12-31(4)27(19)37/h5-6,8-9,15-16H,7,10-14H2,1-4H3,(H,29,30,36). The number of ether oxygens (including phenoxy) is 1. The molecule has 2 aliphatic rings. The van der Waals surface area contributed by atoms with E-state index in [0.29, 0.717) is 28.7 Å². The van der Waals surface area contributed by atoms with Crippen LogP contribution < -0.4 is 10.2 Å². The summed E-state index contributed by atoms with van der Waals surface area (Å²) in [5.74, 6) is 0.324. The van der Waals surface area contributed by atoms with Crippen molar-refractivity contribution >= 4 is 52.2 Å². The number of nitrogens with zero attached hydrogens (tertiary/aromatic N) is 4. The molecular weight excluding hydrogens is 518 g/mol. The number of esters is 1. The van der Waals surface area contributed by atoms with Crippen molar-refractivity contribution in [2.24, 2.45) is 0 Å². The molecule has 0 bridgehead atoms. The Bertz CT molecular complexity index is 1470. The minimum atomic E-state index is -0.600.